The summed E-state index contributed by atoms with van der Waals surface area (Å²) in [5, 5.41) is 22.9. The largest absolute Gasteiger partial charge is 0.477 e. The molecule has 9 nitrogen and oxygen atoms in total. The van der Waals surface area contributed by atoms with E-state index >= 15 is 0 Å². The molecule has 1 saturated carbocycles. The van der Waals surface area contributed by atoms with Gasteiger partial charge in [-0.25, -0.2) is 19.3 Å². The zero-order valence-corrected chi connectivity index (χ0v) is 14.4. The van der Waals surface area contributed by atoms with E-state index in [4.69, 9.17) is 0 Å². The molecule has 0 aliphatic heterocycles. The lowest BCUT2D eigenvalue weighted by Gasteiger charge is -2.06. The van der Waals surface area contributed by atoms with Crippen LogP contribution in [0, 0.1) is 0 Å². The van der Waals surface area contributed by atoms with Crippen LogP contribution >= 0.6 is 0 Å². The second-order valence-corrected chi connectivity index (χ2v) is 6.64. The summed E-state index contributed by atoms with van der Waals surface area (Å²) < 4.78 is 2.81. The van der Waals surface area contributed by atoms with Crippen molar-refractivity contribution in [2.24, 2.45) is 7.05 Å². The Morgan fingerprint density at radius 1 is 1.19 bits per heavy atom. The van der Waals surface area contributed by atoms with Crippen molar-refractivity contribution in [2.45, 2.75) is 25.3 Å². The van der Waals surface area contributed by atoms with Crippen LogP contribution in [0.25, 0.3) is 11.0 Å². The number of aryl methyl sites for hydroxylation is 1. The summed E-state index contributed by atoms with van der Waals surface area (Å²) in [6, 6.07) is 5.02. The highest BCUT2D eigenvalue weighted by molar-refractivity contribution is 6.00. The average Bonchev–Trinajstić information content (AvgIpc) is 3.29. The van der Waals surface area contributed by atoms with Crippen molar-refractivity contribution in [3.63, 3.8) is 0 Å². The van der Waals surface area contributed by atoms with Crippen LogP contribution in [0.5, 0.6) is 0 Å². The van der Waals surface area contributed by atoms with Crippen molar-refractivity contribution in [3.05, 3.63) is 47.0 Å². The van der Waals surface area contributed by atoms with Crippen LogP contribution in [0.3, 0.4) is 0 Å². The first kappa shape index (κ1) is 17.0. The summed E-state index contributed by atoms with van der Waals surface area (Å²) in [6.07, 6.45) is 3.07. The van der Waals surface area contributed by atoms with Crippen LogP contribution < -0.4 is 0 Å². The smallest absolute Gasteiger partial charge is 0.356 e. The van der Waals surface area contributed by atoms with Gasteiger partial charge in [0.2, 0.25) is 0 Å². The van der Waals surface area contributed by atoms with Gasteiger partial charge in [0, 0.05) is 18.2 Å². The number of rotatable bonds is 6. The second kappa shape index (κ2) is 6.04. The van der Waals surface area contributed by atoms with E-state index in [0.29, 0.717) is 11.1 Å². The van der Waals surface area contributed by atoms with Gasteiger partial charge in [-0.1, -0.05) is 0 Å². The molecule has 0 saturated heterocycles. The lowest BCUT2D eigenvalue weighted by molar-refractivity contribution is 0.0674. The van der Waals surface area contributed by atoms with Gasteiger partial charge >= 0.3 is 11.9 Å². The fourth-order valence-corrected chi connectivity index (χ4v) is 3.27. The molecule has 2 N–H and O–H groups in total. The fraction of sp³-hybridized carbons (Fsp3) is 0.278. The van der Waals surface area contributed by atoms with Crippen molar-refractivity contribution in [1.29, 1.82) is 0 Å². The number of benzene rings is 1. The summed E-state index contributed by atoms with van der Waals surface area (Å²) in [5.41, 5.74) is 1.57. The number of nitrogens with zero attached hydrogens (tertiary/aromatic N) is 4. The standard InChI is InChI=1S/C18H16N4O5/c1-21-8-19-11-6-10(4-5-12(11)21)13(23)7-22-16(18(26)27)14(9-2-3-9)15(20-22)17(24)25/h4-6,8-9H,2-3,7H2,1H3,(H,24,25)(H,26,27). The predicted molar refractivity (Wildman–Crippen MR) is 93.2 cm³/mol. The van der Waals surface area contributed by atoms with E-state index in [1.165, 1.54) is 0 Å². The molecule has 0 bridgehead atoms. The number of ketones is 1. The average molecular weight is 368 g/mol. The number of Topliss-reactive ketones (excluding diaryl/α,β-unsaturated/α-hetero) is 1. The highest BCUT2D eigenvalue weighted by atomic mass is 16.4. The molecular formula is C18H16N4O5. The summed E-state index contributed by atoms with van der Waals surface area (Å²) in [7, 11) is 1.84. The number of hydrogen-bond donors (Lipinski definition) is 2. The molecule has 2 aromatic heterocycles. The molecular weight excluding hydrogens is 352 g/mol. The van der Waals surface area contributed by atoms with E-state index in [9.17, 15) is 24.6 Å². The first-order valence-corrected chi connectivity index (χ1v) is 8.38. The van der Waals surface area contributed by atoms with Gasteiger partial charge in [-0.15, -0.1) is 0 Å². The Bertz CT molecular complexity index is 1110. The Morgan fingerprint density at radius 3 is 2.56 bits per heavy atom. The maximum absolute atomic E-state index is 12.7. The molecule has 0 amide bonds. The molecule has 0 atom stereocenters. The van der Waals surface area contributed by atoms with Crippen LogP contribution in [0.1, 0.15) is 55.7 Å². The highest BCUT2D eigenvalue weighted by Crippen LogP contribution is 2.43. The van der Waals surface area contributed by atoms with Crippen LogP contribution in [-0.2, 0) is 13.6 Å². The summed E-state index contributed by atoms with van der Waals surface area (Å²) in [5.74, 6) is -3.08. The summed E-state index contributed by atoms with van der Waals surface area (Å²) in [6.45, 7) is -0.354. The third kappa shape index (κ3) is 2.86. The number of carboxylic acid groups (broad SMARTS) is 2. The molecule has 0 unspecified atom stereocenters. The molecule has 1 aliphatic carbocycles. The monoisotopic (exact) mass is 368 g/mol. The summed E-state index contributed by atoms with van der Waals surface area (Å²) in [4.78, 5) is 40.1. The Kier molecular flexibility index (Phi) is 3.79. The normalized spacial score (nSPS) is 13.8. The highest BCUT2D eigenvalue weighted by Gasteiger charge is 2.37. The Labute approximate surface area is 152 Å². The maximum Gasteiger partial charge on any atom is 0.356 e. The molecule has 27 heavy (non-hydrogen) atoms. The number of carboxylic acids is 2. The van der Waals surface area contributed by atoms with Crippen molar-refractivity contribution in [1.82, 2.24) is 19.3 Å². The molecule has 1 fully saturated rings. The SMILES string of the molecule is Cn1cnc2cc(C(=O)Cn3nc(C(=O)O)c(C4CC4)c3C(=O)O)ccc21. The molecule has 138 valence electrons. The fourth-order valence-electron chi connectivity index (χ4n) is 3.27. The third-order valence-electron chi connectivity index (χ3n) is 4.72. The van der Waals surface area contributed by atoms with Crippen LogP contribution in [-0.4, -0.2) is 47.3 Å². The first-order valence-electron chi connectivity index (χ1n) is 8.38. The number of aromatic carboxylic acids is 2. The molecule has 0 radical (unpaired) electrons. The van der Waals surface area contributed by atoms with Gasteiger partial charge < -0.3 is 14.8 Å². The quantitative estimate of drug-likeness (QED) is 0.636. The number of hydrogen-bond acceptors (Lipinski definition) is 5. The van der Waals surface area contributed by atoms with E-state index < -0.39 is 11.9 Å². The lowest BCUT2D eigenvalue weighted by Crippen LogP contribution is -2.17. The predicted octanol–water partition coefficient (Wildman–Crippen LogP) is 1.93. The van der Waals surface area contributed by atoms with Crippen LogP contribution in [0.2, 0.25) is 0 Å². The number of carbonyl (C=O) groups is 3. The van der Waals surface area contributed by atoms with E-state index in [1.54, 1.807) is 24.5 Å². The Morgan fingerprint density at radius 2 is 1.93 bits per heavy atom. The van der Waals surface area contributed by atoms with Crippen molar-refractivity contribution in [2.75, 3.05) is 0 Å². The second-order valence-electron chi connectivity index (χ2n) is 6.64. The van der Waals surface area contributed by atoms with Crippen molar-refractivity contribution >= 4 is 28.8 Å². The van der Waals surface area contributed by atoms with Gasteiger partial charge in [-0.3, -0.25) is 4.79 Å². The van der Waals surface area contributed by atoms with Gasteiger partial charge in [0.05, 0.1) is 17.4 Å². The van der Waals surface area contributed by atoms with E-state index in [1.807, 2.05) is 11.6 Å². The first-order chi connectivity index (χ1) is 12.9. The molecule has 2 heterocycles. The van der Waals surface area contributed by atoms with Crippen molar-refractivity contribution in [3.8, 4) is 0 Å². The number of imidazole rings is 1. The van der Waals surface area contributed by atoms with Crippen molar-refractivity contribution < 1.29 is 24.6 Å². The minimum absolute atomic E-state index is 0.129. The topological polar surface area (TPSA) is 127 Å². The molecule has 0 spiro atoms. The van der Waals surface area contributed by atoms with Gasteiger partial charge in [-0.05, 0) is 37.0 Å². The minimum Gasteiger partial charge on any atom is -0.477 e. The number of aromatic nitrogens is 4. The van der Waals surface area contributed by atoms with E-state index in [0.717, 1.165) is 23.0 Å². The van der Waals surface area contributed by atoms with Gasteiger partial charge in [0.15, 0.2) is 17.2 Å². The zero-order valence-electron chi connectivity index (χ0n) is 14.4. The summed E-state index contributed by atoms with van der Waals surface area (Å²) >= 11 is 0. The lowest BCUT2D eigenvalue weighted by atomic mass is 10.1. The maximum atomic E-state index is 12.7. The molecule has 3 aromatic rings. The van der Waals surface area contributed by atoms with E-state index in [2.05, 4.69) is 10.1 Å². The molecule has 1 aromatic carbocycles. The van der Waals surface area contributed by atoms with Gasteiger partial charge in [-0.2, -0.15) is 5.10 Å². The Hall–Kier alpha value is -3.49. The molecule has 4 rings (SSSR count). The third-order valence-corrected chi connectivity index (χ3v) is 4.72. The number of fused-ring (bicyclic) bond motifs is 1. The zero-order chi connectivity index (χ0) is 19.3. The van der Waals surface area contributed by atoms with Gasteiger partial charge in [0.1, 0.15) is 6.54 Å². The minimum atomic E-state index is -1.29. The number of carbonyl (C=O) groups excluding carboxylic acids is 1. The Balaban J connectivity index is 1.72. The van der Waals surface area contributed by atoms with Crippen LogP contribution in [0.4, 0.5) is 0 Å². The molecule has 9 heteroatoms. The van der Waals surface area contributed by atoms with E-state index in [-0.39, 0.29) is 35.2 Å². The molecule has 1 aliphatic rings. The van der Waals surface area contributed by atoms with Crippen LogP contribution in [0.15, 0.2) is 24.5 Å². The van der Waals surface area contributed by atoms with Gasteiger partial charge in [0.25, 0.3) is 0 Å².